The Bertz CT molecular complexity index is 3270. The smallest absolute Gasteiger partial charge is 0.309 e. The van der Waals surface area contributed by atoms with Crippen LogP contribution in [0.5, 0.6) is 0 Å². The topological polar surface area (TPSA) is 22.8 Å². The fraction of sp³-hybridized carbons (Fsp3) is 0.0962. The van der Waals surface area contributed by atoms with Gasteiger partial charge in [-0.25, -0.2) is 0 Å². The number of nitrogens with zero attached hydrogens (tertiary/aromatic N) is 3. The summed E-state index contributed by atoms with van der Waals surface area (Å²) in [5, 5.41) is 4.14. The summed E-state index contributed by atoms with van der Waals surface area (Å²) in [5.74, 6) is 0. The first-order valence-electron chi connectivity index (χ1n) is 19.4. The molecule has 10 rings (SSSR count). The van der Waals surface area contributed by atoms with E-state index in [9.17, 15) is 13.2 Å². The number of alkyl halides is 3. The van der Waals surface area contributed by atoms with Crippen molar-refractivity contribution in [1.29, 1.82) is 0 Å². The van der Waals surface area contributed by atoms with Crippen LogP contribution in [0.3, 0.4) is 0 Å². The second kappa shape index (κ2) is 13.3. The highest BCUT2D eigenvalue weighted by Gasteiger charge is 2.32. The zero-order valence-corrected chi connectivity index (χ0v) is 32.5. The molecule has 58 heavy (non-hydrogen) atoms. The lowest BCUT2D eigenvalue weighted by Crippen LogP contribution is -2.08. The maximum atomic E-state index is 14.7. The molecule has 3 nitrogen and oxygen atoms in total. The number of para-hydroxylation sites is 2. The Morgan fingerprint density at radius 3 is 1.48 bits per heavy atom. The van der Waals surface area contributed by atoms with E-state index < -0.39 is 11.7 Å². The van der Waals surface area contributed by atoms with Gasteiger partial charge in [0.25, 0.3) is 0 Å². The van der Waals surface area contributed by atoms with Crippen molar-refractivity contribution in [3.63, 3.8) is 0 Å². The molecule has 0 atom stereocenters. The van der Waals surface area contributed by atoms with Gasteiger partial charge < -0.3 is 9.13 Å². The predicted octanol–water partition coefficient (Wildman–Crippen LogP) is 14.5. The molecule has 6 heteroatoms. The monoisotopic (exact) mass is 761 g/mol. The van der Waals surface area contributed by atoms with Crippen molar-refractivity contribution in [3.05, 3.63) is 186 Å². The zero-order valence-electron chi connectivity index (χ0n) is 32.5. The SMILES string of the molecule is Cc1ccc(-c2ccc3c(c2)c2ccccc2n3-c2ccc(C(F)(F)F)cc2-c2ccncc2-n2c3ccccc3c3cc(-c4ccc(C)cc4C)ccc32)c(C)c1. The molecule has 0 spiro atoms. The van der Waals surface area contributed by atoms with Crippen LogP contribution < -0.4 is 0 Å². The van der Waals surface area contributed by atoms with Crippen molar-refractivity contribution in [3.8, 4) is 44.8 Å². The van der Waals surface area contributed by atoms with Gasteiger partial charge in [0.15, 0.2) is 0 Å². The van der Waals surface area contributed by atoms with Crippen LogP contribution in [0.1, 0.15) is 27.8 Å². The van der Waals surface area contributed by atoms with Crippen LogP contribution in [0.4, 0.5) is 13.2 Å². The van der Waals surface area contributed by atoms with Crippen LogP contribution in [-0.2, 0) is 6.18 Å². The van der Waals surface area contributed by atoms with E-state index in [0.29, 0.717) is 22.5 Å². The van der Waals surface area contributed by atoms with Crippen LogP contribution >= 0.6 is 0 Å². The number of hydrogen-bond acceptors (Lipinski definition) is 1. The van der Waals surface area contributed by atoms with Crippen LogP contribution in [0.15, 0.2) is 158 Å². The summed E-state index contributed by atoms with van der Waals surface area (Å²) in [4.78, 5) is 4.59. The molecule has 3 heterocycles. The first-order chi connectivity index (χ1) is 28.0. The molecule has 7 aromatic carbocycles. The zero-order chi connectivity index (χ0) is 39.9. The fourth-order valence-corrected chi connectivity index (χ4v) is 8.99. The highest BCUT2D eigenvalue weighted by Crippen LogP contribution is 2.44. The quantitative estimate of drug-likeness (QED) is 0.171. The van der Waals surface area contributed by atoms with E-state index in [1.165, 1.54) is 34.4 Å². The summed E-state index contributed by atoms with van der Waals surface area (Å²) >= 11 is 0. The van der Waals surface area contributed by atoms with Crippen molar-refractivity contribution < 1.29 is 13.2 Å². The lowest BCUT2D eigenvalue weighted by Gasteiger charge is -2.20. The van der Waals surface area contributed by atoms with Gasteiger partial charge in [-0.15, -0.1) is 0 Å². The third-order valence-corrected chi connectivity index (χ3v) is 11.6. The van der Waals surface area contributed by atoms with Gasteiger partial charge in [-0.1, -0.05) is 96.1 Å². The minimum atomic E-state index is -4.56. The van der Waals surface area contributed by atoms with Gasteiger partial charge in [0.2, 0.25) is 0 Å². The van der Waals surface area contributed by atoms with Gasteiger partial charge in [-0.05, 0) is 122 Å². The Morgan fingerprint density at radius 1 is 0.431 bits per heavy atom. The average molecular weight is 762 g/mol. The maximum Gasteiger partial charge on any atom is 0.416 e. The van der Waals surface area contributed by atoms with Gasteiger partial charge >= 0.3 is 6.18 Å². The van der Waals surface area contributed by atoms with Gasteiger partial charge in [0.1, 0.15) is 0 Å². The van der Waals surface area contributed by atoms with Crippen molar-refractivity contribution in [1.82, 2.24) is 14.1 Å². The van der Waals surface area contributed by atoms with Gasteiger partial charge in [-0.3, -0.25) is 4.98 Å². The highest BCUT2D eigenvalue weighted by atomic mass is 19.4. The van der Waals surface area contributed by atoms with Crippen LogP contribution in [0.2, 0.25) is 0 Å². The molecule has 0 aliphatic carbocycles. The molecule has 0 saturated carbocycles. The number of halogens is 3. The molecule has 0 unspecified atom stereocenters. The van der Waals surface area contributed by atoms with Crippen molar-refractivity contribution in [2.24, 2.45) is 0 Å². The standard InChI is InChI=1S/C52H38F3N3/c1-31-13-18-38(33(3)25-31)35-15-20-48-43(27-35)40-9-5-7-11-46(40)57(48)50-22-17-37(52(53,54)55)29-45(50)42-23-24-56-30-51(42)58-47-12-8-6-10-41(47)44-28-36(16-21-49(44)58)39-19-14-32(2)26-34(39)4/h5-30H,1-4H3. The first-order valence-corrected chi connectivity index (χ1v) is 19.4. The normalized spacial score (nSPS) is 12.1. The number of aryl methyl sites for hydroxylation is 4. The molecular weight excluding hydrogens is 724 g/mol. The van der Waals surface area contributed by atoms with E-state index in [1.807, 2.05) is 36.4 Å². The molecule has 0 aliphatic heterocycles. The maximum absolute atomic E-state index is 14.7. The average Bonchev–Trinajstić information content (AvgIpc) is 3.72. The summed E-state index contributed by atoms with van der Waals surface area (Å²) < 4.78 is 48.4. The molecule has 0 saturated heterocycles. The van der Waals surface area contributed by atoms with Crippen molar-refractivity contribution in [2.45, 2.75) is 33.9 Å². The third-order valence-electron chi connectivity index (χ3n) is 11.6. The van der Waals surface area contributed by atoms with Crippen molar-refractivity contribution in [2.75, 3.05) is 0 Å². The largest absolute Gasteiger partial charge is 0.416 e. The van der Waals surface area contributed by atoms with E-state index in [-0.39, 0.29) is 0 Å². The van der Waals surface area contributed by atoms with E-state index in [1.54, 1.807) is 18.5 Å². The van der Waals surface area contributed by atoms with Crippen LogP contribution in [-0.4, -0.2) is 14.1 Å². The number of aromatic nitrogens is 3. The molecule has 0 fully saturated rings. The fourth-order valence-electron chi connectivity index (χ4n) is 8.99. The predicted molar refractivity (Wildman–Crippen MR) is 233 cm³/mol. The van der Waals surface area contributed by atoms with Crippen LogP contribution in [0, 0.1) is 27.7 Å². The minimum Gasteiger partial charge on any atom is -0.309 e. The number of rotatable bonds is 5. The van der Waals surface area contributed by atoms with E-state index in [4.69, 9.17) is 0 Å². The Balaban J connectivity index is 1.23. The lowest BCUT2D eigenvalue weighted by molar-refractivity contribution is -0.137. The molecule has 0 N–H and O–H groups in total. The minimum absolute atomic E-state index is 0.450. The first kappa shape index (κ1) is 35.5. The number of hydrogen-bond donors (Lipinski definition) is 0. The Morgan fingerprint density at radius 2 is 0.948 bits per heavy atom. The third kappa shape index (κ3) is 5.70. The van der Waals surface area contributed by atoms with E-state index in [2.05, 4.69) is 133 Å². The number of fused-ring (bicyclic) bond motifs is 6. The summed E-state index contributed by atoms with van der Waals surface area (Å²) in [6, 6.07) is 48.1. The molecule has 10 aromatic rings. The summed E-state index contributed by atoms with van der Waals surface area (Å²) in [6.07, 6.45) is -1.12. The Labute approximate surface area is 334 Å². The molecule has 0 bridgehead atoms. The molecule has 0 radical (unpaired) electrons. The molecule has 0 aliphatic rings. The summed E-state index contributed by atoms with van der Waals surface area (Å²) in [6.45, 7) is 8.44. The summed E-state index contributed by atoms with van der Waals surface area (Å²) in [5.41, 5.74) is 14.7. The Hall–Kier alpha value is -6.92. The molecular formula is C52H38F3N3. The van der Waals surface area contributed by atoms with Crippen molar-refractivity contribution >= 4 is 43.6 Å². The second-order valence-corrected chi connectivity index (χ2v) is 15.4. The molecule has 0 amide bonds. The Kier molecular flexibility index (Phi) is 8.17. The number of pyridine rings is 1. The molecule has 3 aromatic heterocycles. The van der Waals surface area contributed by atoms with E-state index >= 15 is 0 Å². The van der Waals surface area contributed by atoms with Gasteiger partial charge in [-0.2, -0.15) is 13.2 Å². The number of benzene rings is 7. The van der Waals surface area contributed by atoms with Gasteiger partial charge in [0, 0.05) is 38.9 Å². The lowest BCUT2D eigenvalue weighted by atomic mass is 9.97. The highest BCUT2D eigenvalue weighted by molar-refractivity contribution is 6.12. The van der Waals surface area contributed by atoms with Gasteiger partial charge in [0.05, 0.1) is 45.2 Å². The summed E-state index contributed by atoms with van der Waals surface area (Å²) in [7, 11) is 0. The van der Waals surface area contributed by atoms with Crippen LogP contribution in [0.25, 0.3) is 88.4 Å². The van der Waals surface area contributed by atoms with E-state index in [0.717, 1.165) is 65.9 Å². The second-order valence-electron chi connectivity index (χ2n) is 15.4. The molecule has 282 valence electrons.